The molecule has 0 spiro atoms. The van der Waals surface area contributed by atoms with Crippen molar-refractivity contribution in [1.29, 1.82) is 0 Å². The van der Waals surface area contributed by atoms with Gasteiger partial charge in [0.1, 0.15) is 0 Å². The minimum absolute atomic E-state index is 0.204. The molecule has 2 atom stereocenters. The standard InChI is InChI=1S/C13H16O2S/c1-11-7-5-6-10-13(11)16(14,15)12-8-3-2-4-9-12/h2-4,6,8-11,13H,5,7H2,1H3. The molecular weight excluding hydrogens is 220 g/mol. The zero-order valence-corrected chi connectivity index (χ0v) is 10.2. The van der Waals surface area contributed by atoms with E-state index in [2.05, 4.69) is 0 Å². The summed E-state index contributed by atoms with van der Waals surface area (Å²) < 4.78 is 24.7. The molecule has 0 radical (unpaired) electrons. The molecule has 2 unspecified atom stereocenters. The van der Waals surface area contributed by atoms with Gasteiger partial charge >= 0.3 is 0 Å². The van der Waals surface area contributed by atoms with Crippen molar-refractivity contribution in [2.45, 2.75) is 29.9 Å². The fraction of sp³-hybridized carbons (Fsp3) is 0.385. The van der Waals surface area contributed by atoms with Crippen LogP contribution in [0.1, 0.15) is 19.8 Å². The van der Waals surface area contributed by atoms with Gasteiger partial charge < -0.3 is 0 Å². The number of hydrogen-bond donors (Lipinski definition) is 0. The van der Waals surface area contributed by atoms with Crippen LogP contribution in [0.3, 0.4) is 0 Å². The van der Waals surface area contributed by atoms with Gasteiger partial charge in [0.15, 0.2) is 9.84 Å². The second kappa shape index (κ2) is 4.42. The molecule has 1 aliphatic rings. The Morgan fingerprint density at radius 1 is 1.19 bits per heavy atom. The Labute approximate surface area is 96.9 Å². The molecular formula is C13H16O2S. The number of rotatable bonds is 2. The molecule has 0 saturated heterocycles. The molecule has 86 valence electrons. The van der Waals surface area contributed by atoms with Crippen LogP contribution in [-0.4, -0.2) is 13.7 Å². The lowest BCUT2D eigenvalue weighted by atomic mass is 9.96. The Morgan fingerprint density at radius 2 is 1.88 bits per heavy atom. The van der Waals surface area contributed by atoms with Crippen molar-refractivity contribution in [2.75, 3.05) is 0 Å². The molecule has 1 aliphatic carbocycles. The molecule has 0 aromatic heterocycles. The Kier molecular flexibility index (Phi) is 3.15. The molecule has 0 bridgehead atoms. The molecule has 0 fully saturated rings. The molecule has 0 N–H and O–H groups in total. The lowest BCUT2D eigenvalue weighted by Gasteiger charge is -2.24. The molecule has 0 saturated carbocycles. The summed E-state index contributed by atoms with van der Waals surface area (Å²) in [5, 5.41) is -0.358. The normalized spacial score (nSPS) is 25.6. The third kappa shape index (κ3) is 2.05. The third-order valence-electron chi connectivity index (χ3n) is 3.11. The van der Waals surface area contributed by atoms with Gasteiger partial charge in [-0.3, -0.25) is 0 Å². The summed E-state index contributed by atoms with van der Waals surface area (Å²) in [6.07, 6.45) is 5.76. The molecule has 1 aromatic rings. The highest BCUT2D eigenvalue weighted by Crippen LogP contribution is 2.28. The largest absolute Gasteiger partial charge is 0.223 e. The monoisotopic (exact) mass is 236 g/mol. The number of sulfone groups is 1. The van der Waals surface area contributed by atoms with Gasteiger partial charge in [-0.15, -0.1) is 0 Å². The zero-order valence-electron chi connectivity index (χ0n) is 9.34. The zero-order chi connectivity index (χ0) is 11.6. The molecule has 1 aromatic carbocycles. The molecule has 3 heteroatoms. The van der Waals surface area contributed by atoms with E-state index >= 15 is 0 Å². The van der Waals surface area contributed by atoms with E-state index < -0.39 is 9.84 Å². The van der Waals surface area contributed by atoms with Gasteiger partial charge in [-0.1, -0.05) is 37.3 Å². The van der Waals surface area contributed by atoms with Crippen LogP contribution in [0.15, 0.2) is 47.4 Å². The van der Waals surface area contributed by atoms with Crippen LogP contribution in [0.25, 0.3) is 0 Å². The Morgan fingerprint density at radius 3 is 2.50 bits per heavy atom. The number of allylic oxidation sites excluding steroid dienone is 1. The molecule has 0 aliphatic heterocycles. The highest BCUT2D eigenvalue weighted by Gasteiger charge is 2.31. The third-order valence-corrected chi connectivity index (χ3v) is 5.37. The average Bonchev–Trinajstić information content (AvgIpc) is 2.30. The molecule has 2 rings (SSSR count). The van der Waals surface area contributed by atoms with Crippen LogP contribution in [0, 0.1) is 5.92 Å². The van der Waals surface area contributed by atoms with Crippen molar-refractivity contribution in [2.24, 2.45) is 5.92 Å². The summed E-state index contributed by atoms with van der Waals surface area (Å²) in [5.41, 5.74) is 0. The summed E-state index contributed by atoms with van der Waals surface area (Å²) in [6, 6.07) is 8.71. The van der Waals surface area contributed by atoms with Crippen molar-refractivity contribution >= 4 is 9.84 Å². The predicted molar refractivity (Wildman–Crippen MR) is 65.0 cm³/mol. The Bertz CT molecular complexity index is 474. The summed E-state index contributed by atoms with van der Waals surface area (Å²) >= 11 is 0. The van der Waals surface area contributed by atoms with Gasteiger partial charge in [0.05, 0.1) is 10.1 Å². The predicted octanol–water partition coefficient (Wildman–Crippen LogP) is 2.82. The van der Waals surface area contributed by atoms with E-state index in [1.54, 1.807) is 24.3 Å². The molecule has 16 heavy (non-hydrogen) atoms. The van der Waals surface area contributed by atoms with Crippen LogP contribution in [-0.2, 0) is 9.84 Å². The van der Waals surface area contributed by atoms with Crippen molar-refractivity contribution in [1.82, 2.24) is 0 Å². The smallest absolute Gasteiger partial charge is 0.185 e. The average molecular weight is 236 g/mol. The van der Waals surface area contributed by atoms with Gasteiger partial charge in [0.2, 0.25) is 0 Å². The first-order valence-corrected chi connectivity index (χ1v) is 7.12. The van der Waals surface area contributed by atoms with Gasteiger partial charge in [0.25, 0.3) is 0 Å². The first-order valence-electron chi connectivity index (χ1n) is 5.58. The van der Waals surface area contributed by atoms with E-state index in [-0.39, 0.29) is 11.2 Å². The molecule has 0 amide bonds. The first kappa shape index (κ1) is 11.4. The van der Waals surface area contributed by atoms with Crippen LogP contribution in [0.4, 0.5) is 0 Å². The van der Waals surface area contributed by atoms with E-state index in [0.717, 1.165) is 12.8 Å². The second-order valence-electron chi connectivity index (χ2n) is 4.31. The first-order chi connectivity index (χ1) is 7.62. The SMILES string of the molecule is CC1CCC=CC1S(=O)(=O)c1ccccc1. The van der Waals surface area contributed by atoms with Gasteiger partial charge in [-0.25, -0.2) is 8.42 Å². The number of hydrogen-bond acceptors (Lipinski definition) is 2. The molecule has 0 heterocycles. The van der Waals surface area contributed by atoms with E-state index in [9.17, 15) is 8.42 Å². The Hall–Kier alpha value is -1.09. The van der Waals surface area contributed by atoms with Crippen LogP contribution in [0.2, 0.25) is 0 Å². The fourth-order valence-electron chi connectivity index (χ4n) is 2.12. The van der Waals surface area contributed by atoms with Crippen molar-refractivity contribution < 1.29 is 8.42 Å². The maximum atomic E-state index is 12.3. The lowest BCUT2D eigenvalue weighted by molar-refractivity contribution is 0.502. The second-order valence-corrected chi connectivity index (χ2v) is 6.41. The van der Waals surface area contributed by atoms with Crippen molar-refractivity contribution in [3.63, 3.8) is 0 Å². The van der Waals surface area contributed by atoms with Crippen molar-refractivity contribution in [3.05, 3.63) is 42.5 Å². The number of benzene rings is 1. The van der Waals surface area contributed by atoms with Gasteiger partial charge in [-0.2, -0.15) is 0 Å². The maximum Gasteiger partial charge on any atom is 0.185 e. The van der Waals surface area contributed by atoms with E-state index in [1.807, 2.05) is 25.1 Å². The fourth-order valence-corrected chi connectivity index (χ4v) is 4.04. The highest BCUT2D eigenvalue weighted by molar-refractivity contribution is 7.92. The Balaban J connectivity index is 2.39. The van der Waals surface area contributed by atoms with E-state index in [0.29, 0.717) is 4.90 Å². The summed E-state index contributed by atoms with van der Waals surface area (Å²) in [4.78, 5) is 0.429. The quantitative estimate of drug-likeness (QED) is 0.740. The van der Waals surface area contributed by atoms with Gasteiger partial charge in [0, 0.05) is 0 Å². The summed E-state index contributed by atoms with van der Waals surface area (Å²) in [5.74, 6) is 0.204. The highest BCUT2D eigenvalue weighted by atomic mass is 32.2. The van der Waals surface area contributed by atoms with Gasteiger partial charge in [-0.05, 0) is 30.9 Å². The van der Waals surface area contributed by atoms with Crippen LogP contribution < -0.4 is 0 Å². The van der Waals surface area contributed by atoms with E-state index in [4.69, 9.17) is 0 Å². The maximum absolute atomic E-state index is 12.3. The van der Waals surface area contributed by atoms with Crippen LogP contribution in [0.5, 0.6) is 0 Å². The topological polar surface area (TPSA) is 34.1 Å². The minimum atomic E-state index is -3.20. The van der Waals surface area contributed by atoms with Crippen molar-refractivity contribution in [3.8, 4) is 0 Å². The minimum Gasteiger partial charge on any atom is -0.223 e. The molecule has 2 nitrogen and oxygen atoms in total. The van der Waals surface area contributed by atoms with E-state index in [1.165, 1.54) is 0 Å². The summed E-state index contributed by atoms with van der Waals surface area (Å²) in [6.45, 7) is 2.01. The van der Waals surface area contributed by atoms with Crippen LogP contribution >= 0.6 is 0 Å². The lowest BCUT2D eigenvalue weighted by Crippen LogP contribution is -2.28. The summed E-state index contributed by atoms with van der Waals surface area (Å²) in [7, 11) is -3.20.